The number of hydrogen-bond acceptors (Lipinski definition) is 3. The molecule has 1 heterocycles. The summed E-state index contributed by atoms with van der Waals surface area (Å²) >= 11 is 0. The van der Waals surface area contributed by atoms with Gasteiger partial charge in [-0.05, 0) is 74.0 Å². The summed E-state index contributed by atoms with van der Waals surface area (Å²) in [6.45, 7) is 7.44. The molecule has 0 aromatic rings. The lowest BCUT2D eigenvalue weighted by atomic mass is 9.45. The van der Waals surface area contributed by atoms with Crippen LogP contribution in [0, 0.1) is 34.5 Å². The quantitative estimate of drug-likeness (QED) is 0.639. The van der Waals surface area contributed by atoms with Crippen molar-refractivity contribution < 1.29 is 5.11 Å². The molecule has 5 rings (SSSR count). The lowest BCUT2D eigenvalue weighted by molar-refractivity contribution is -0.0552. The Hall–Kier alpha value is -1.48. The number of aliphatic hydroxyl groups excluding tert-OH is 1. The van der Waals surface area contributed by atoms with Crippen LogP contribution < -0.4 is 5.32 Å². The zero-order chi connectivity index (χ0) is 19.5. The summed E-state index contributed by atoms with van der Waals surface area (Å²) in [7, 11) is 0. The van der Waals surface area contributed by atoms with Gasteiger partial charge in [0.15, 0.2) is 0 Å². The van der Waals surface area contributed by atoms with Gasteiger partial charge < -0.3 is 15.3 Å². The molecular weight excluding hydrogens is 344 g/mol. The molecule has 3 nitrogen and oxygen atoms in total. The molecule has 0 aromatic heterocycles. The molecule has 28 heavy (non-hydrogen) atoms. The third-order valence-corrected chi connectivity index (χ3v) is 9.20. The van der Waals surface area contributed by atoms with E-state index in [1.165, 1.54) is 37.8 Å². The first-order chi connectivity index (χ1) is 13.5. The average molecular weight is 381 g/mol. The van der Waals surface area contributed by atoms with Crippen molar-refractivity contribution in [1.82, 2.24) is 10.2 Å². The number of rotatable bonds is 2. The van der Waals surface area contributed by atoms with E-state index in [0.717, 1.165) is 30.6 Å². The van der Waals surface area contributed by atoms with Crippen LogP contribution in [0.25, 0.3) is 0 Å². The minimum Gasteiger partial charge on any atom is -0.393 e. The maximum Gasteiger partial charge on any atom is 0.0577 e. The fraction of sp³-hybridized carbons (Fsp3) is 0.680. The molecule has 7 atom stereocenters. The molecule has 0 aromatic carbocycles. The summed E-state index contributed by atoms with van der Waals surface area (Å²) in [6, 6.07) is 0. The van der Waals surface area contributed by atoms with Crippen LogP contribution >= 0.6 is 0 Å². The molecule has 2 N–H and O–H groups in total. The van der Waals surface area contributed by atoms with Crippen LogP contribution in [0.4, 0.5) is 0 Å². The van der Waals surface area contributed by atoms with E-state index in [0.29, 0.717) is 11.3 Å². The molecular formula is C25H36N2O. The molecule has 2 saturated carbocycles. The van der Waals surface area contributed by atoms with Crippen LogP contribution in [0.2, 0.25) is 0 Å². The molecule has 2 fully saturated rings. The SMILES string of the molecule is CC[C@@H]1C=C2C[C@@H](O)CC[C@]2(C)[C@H]2CC[C@]3(C)C(N4C=CNC=C4)=CC[C@H]3[C@H]12. The van der Waals surface area contributed by atoms with E-state index in [2.05, 4.69) is 55.5 Å². The summed E-state index contributed by atoms with van der Waals surface area (Å²) in [5.41, 5.74) is 3.69. The Morgan fingerprint density at radius 1 is 1.11 bits per heavy atom. The zero-order valence-corrected chi connectivity index (χ0v) is 17.7. The molecule has 0 spiro atoms. The van der Waals surface area contributed by atoms with Crippen molar-refractivity contribution in [3.63, 3.8) is 0 Å². The summed E-state index contributed by atoms with van der Waals surface area (Å²) in [5.74, 6) is 2.97. The number of hydrogen-bond donors (Lipinski definition) is 2. The second kappa shape index (κ2) is 6.52. The smallest absolute Gasteiger partial charge is 0.0577 e. The Labute approximate surface area is 170 Å². The molecule has 3 heteroatoms. The van der Waals surface area contributed by atoms with Crippen LogP contribution in [-0.4, -0.2) is 16.1 Å². The molecule has 0 unspecified atom stereocenters. The van der Waals surface area contributed by atoms with Crippen molar-refractivity contribution in [3.05, 3.63) is 48.2 Å². The van der Waals surface area contributed by atoms with Gasteiger partial charge in [-0.2, -0.15) is 0 Å². The molecule has 0 radical (unpaired) electrons. The first-order valence-electron chi connectivity index (χ1n) is 11.4. The summed E-state index contributed by atoms with van der Waals surface area (Å²) < 4.78 is 0. The fourth-order valence-electron chi connectivity index (χ4n) is 7.66. The second-order valence-electron chi connectivity index (χ2n) is 10.4. The number of aliphatic hydroxyl groups is 1. The molecule has 1 aliphatic heterocycles. The molecule has 0 amide bonds. The van der Waals surface area contributed by atoms with Crippen molar-refractivity contribution in [2.75, 3.05) is 0 Å². The monoisotopic (exact) mass is 380 g/mol. The molecule has 0 saturated heterocycles. The molecule has 4 aliphatic carbocycles. The zero-order valence-electron chi connectivity index (χ0n) is 17.7. The van der Waals surface area contributed by atoms with Crippen LogP contribution in [0.15, 0.2) is 48.2 Å². The highest BCUT2D eigenvalue weighted by Crippen LogP contribution is 2.66. The van der Waals surface area contributed by atoms with Crippen molar-refractivity contribution in [2.24, 2.45) is 34.5 Å². The van der Waals surface area contributed by atoms with Gasteiger partial charge in [-0.1, -0.05) is 38.5 Å². The number of nitrogens with zero attached hydrogens (tertiary/aromatic N) is 1. The minimum atomic E-state index is -0.117. The average Bonchev–Trinajstić information content (AvgIpc) is 3.06. The van der Waals surface area contributed by atoms with Gasteiger partial charge in [0.05, 0.1) is 6.10 Å². The number of nitrogens with one attached hydrogen (secondary N) is 1. The standard InChI is InChI=1S/C25H36N2O/c1-4-17-15-18-16-19(28)7-9-24(18,2)21-8-10-25(3)20(23(17)21)5-6-22(25)27-13-11-26-12-14-27/h6,11-15,17,19-21,23,26,28H,4-5,7-10,16H2,1-3H3/t17-,19+,20+,21+,23+,24+,25+/m1/s1. The lowest BCUT2D eigenvalue weighted by Crippen LogP contribution is -2.53. The Bertz CT molecular complexity index is 753. The van der Waals surface area contributed by atoms with Crippen LogP contribution in [0.3, 0.4) is 0 Å². The van der Waals surface area contributed by atoms with Gasteiger partial charge in [-0.15, -0.1) is 0 Å². The van der Waals surface area contributed by atoms with E-state index in [-0.39, 0.29) is 11.5 Å². The Balaban J connectivity index is 1.50. The molecule has 152 valence electrons. The predicted octanol–water partition coefficient (Wildman–Crippen LogP) is 5.29. The van der Waals surface area contributed by atoms with Crippen LogP contribution in [0.1, 0.15) is 65.7 Å². The predicted molar refractivity (Wildman–Crippen MR) is 114 cm³/mol. The topological polar surface area (TPSA) is 35.5 Å². The van der Waals surface area contributed by atoms with Gasteiger partial charge in [0.2, 0.25) is 0 Å². The van der Waals surface area contributed by atoms with Crippen molar-refractivity contribution in [3.8, 4) is 0 Å². The first kappa shape index (κ1) is 18.5. The number of fused-ring (bicyclic) bond motifs is 5. The van der Waals surface area contributed by atoms with Gasteiger partial charge in [0.1, 0.15) is 0 Å². The van der Waals surface area contributed by atoms with E-state index < -0.39 is 0 Å². The maximum absolute atomic E-state index is 10.3. The van der Waals surface area contributed by atoms with Crippen molar-refractivity contribution in [2.45, 2.75) is 71.8 Å². The van der Waals surface area contributed by atoms with Gasteiger partial charge in [0.25, 0.3) is 0 Å². The van der Waals surface area contributed by atoms with E-state index >= 15 is 0 Å². The van der Waals surface area contributed by atoms with Crippen LogP contribution in [-0.2, 0) is 0 Å². The van der Waals surface area contributed by atoms with E-state index in [9.17, 15) is 5.11 Å². The van der Waals surface area contributed by atoms with E-state index in [1.54, 1.807) is 5.57 Å². The van der Waals surface area contributed by atoms with Crippen molar-refractivity contribution >= 4 is 0 Å². The molecule has 5 aliphatic rings. The number of allylic oxidation sites excluding steroid dienone is 3. The Kier molecular flexibility index (Phi) is 4.32. The van der Waals surface area contributed by atoms with Crippen LogP contribution in [0.5, 0.6) is 0 Å². The maximum atomic E-state index is 10.3. The van der Waals surface area contributed by atoms with Crippen molar-refractivity contribution in [1.29, 1.82) is 0 Å². The fourth-order valence-corrected chi connectivity index (χ4v) is 7.66. The van der Waals surface area contributed by atoms with Gasteiger partial charge >= 0.3 is 0 Å². The van der Waals surface area contributed by atoms with Gasteiger partial charge in [-0.25, -0.2) is 0 Å². The summed E-state index contributed by atoms with van der Waals surface area (Å²) in [4.78, 5) is 2.35. The normalized spacial score (nSPS) is 46.9. The largest absolute Gasteiger partial charge is 0.393 e. The highest BCUT2D eigenvalue weighted by atomic mass is 16.3. The van der Waals surface area contributed by atoms with E-state index in [1.807, 2.05) is 12.4 Å². The van der Waals surface area contributed by atoms with Gasteiger partial charge in [0, 0.05) is 35.9 Å². The highest BCUT2D eigenvalue weighted by molar-refractivity contribution is 5.32. The summed E-state index contributed by atoms with van der Waals surface area (Å²) in [6.07, 6.45) is 21.6. The Morgan fingerprint density at radius 3 is 2.61 bits per heavy atom. The first-order valence-corrected chi connectivity index (χ1v) is 11.4. The second-order valence-corrected chi connectivity index (χ2v) is 10.4. The Morgan fingerprint density at radius 2 is 1.86 bits per heavy atom. The van der Waals surface area contributed by atoms with E-state index in [4.69, 9.17) is 0 Å². The lowest BCUT2D eigenvalue weighted by Gasteiger charge is -2.60. The highest BCUT2D eigenvalue weighted by Gasteiger charge is 2.59. The summed E-state index contributed by atoms with van der Waals surface area (Å²) in [5, 5.41) is 13.5. The minimum absolute atomic E-state index is 0.117. The molecule has 0 bridgehead atoms. The third-order valence-electron chi connectivity index (χ3n) is 9.20. The van der Waals surface area contributed by atoms with Gasteiger partial charge in [-0.3, -0.25) is 0 Å². The third kappa shape index (κ3) is 2.51.